The first-order chi connectivity index (χ1) is 24.5. The van der Waals surface area contributed by atoms with Gasteiger partial charge in [-0.2, -0.15) is 0 Å². The number of nitrogens with zero attached hydrogens (tertiary/aromatic N) is 1. The van der Waals surface area contributed by atoms with Crippen molar-refractivity contribution in [1.82, 2.24) is 5.32 Å². The lowest BCUT2D eigenvalue weighted by Crippen LogP contribution is -2.46. The van der Waals surface area contributed by atoms with Crippen LogP contribution in [0.1, 0.15) is 187 Å². The molecule has 0 aliphatic rings. The number of phosphoric acid groups is 1. The van der Waals surface area contributed by atoms with Crippen LogP contribution in [-0.4, -0.2) is 73.4 Å². The molecule has 0 heterocycles. The SMILES string of the molecule is CCCCCCC/C=C/CCCCCCCC(=O)N[C@@H](COP(=O)(O)OCC[N+](C)(C)C)[C@H](O)CCCC/C=C/CCCCCCCCCCC. The maximum Gasteiger partial charge on any atom is 0.472 e. The number of amides is 1. The van der Waals surface area contributed by atoms with Crippen molar-refractivity contribution < 1.29 is 32.9 Å². The van der Waals surface area contributed by atoms with Crippen LogP contribution in [-0.2, 0) is 18.4 Å². The zero-order valence-electron chi connectivity index (χ0n) is 34.1. The first-order valence-corrected chi connectivity index (χ1v) is 22.7. The van der Waals surface area contributed by atoms with Crippen molar-refractivity contribution >= 4 is 13.7 Å². The zero-order valence-corrected chi connectivity index (χ0v) is 35.0. The van der Waals surface area contributed by atoms with Gasteiger partial charge in [0.25, 0.3) is 0 Å². The van der Waals surface area contributed by atoms with Crippen LogP contribution in [0, 0.1) is 0 Å². The molecule has 3 atom stereocenters. The smallest absolute Gasteiger partial charge is 0.391 e. The normalized spacial score (nSPS) is 14.7. The molecule has 0 aromatic heterocycles. The van der Waals surface area contributed by atoms with Crippen molar-refractivity contribution in [3.05, 3.63) is 24.3 Å². The minimum Gasteiger partial charge on any atom is -0.391 e. The minimum absolute atomic E-state index is 0.0684. The quantitative estimate of drug-likeness (QED) is 0.0252. The average Bonchev–Trinajstić information content (AvgIpc) is 3.07. The van der Waals surface area contributed by atoms with Crippen molar-refractivity contribution in [3.63, 3.8) is 0 Å². The summed E-state index contributed by atoms with van der Waals surface area (Å²) in [5, 5.41) is 13.9. The van der Waals surface area contributed by atoms with Crippen LogP contribution in [0.15, 0.2) is 24.3 Å². The van der Waals surface area contributed by atoms with E-state index in [0.717, 1.165) is 57.8 Å². The fraction of sp³-hybridized carbons (Fsp3) is 0.881. The summed E-state index contributed by atoms with van der Waals surface area (Å²) in [6, 6.07) is -0.777. The van der Waals surface area contributed by atoms with Gasteiger partial charge in [0.15, 0.2) is 0 Å². The van der Waals surface area contributed by atoms with E-state index in [9.17, 15) is 19.4 Å². The fourth-order valence-electron chi connectivity index (χ4n) is 5.97. The molecule has 0 aromatic rings. The number of aliphatic hydroxyl groups is 1. The van der Waals surface area contributed by atoms with E-state index in [0.29, 0.717) is 23.9 Å². The number of rotatable bonds is 38. The molecule has 302 valence electrons. The van der Waals surface area contributed by atoms with Crippen LogP contribution >= 0.6 is 7.82 Å². The predicted octanol–water partition coefficient (Wildman–Crippen LogP) is 11.4. The summed E-state index contributed by atoms with van der Waals surface area (Å²) < 4.78 is 23.6. The van der Waals surface area contributed by atoms with Gasteiger partial charge in [0.1, 0.15) is 13.2 Å². The second-order valence-electron chi connectivity index (χ2n) is 15.7. The number of likely N-dealkylation sites (N-methyl/N-ethyl adjacent to an activating group) is 1. The van der Waals surface area contributed by atoms with E-state index in [1.165, 1.54) is 103 Å². The summed E-state index contributed by atoms with van der Waals surface area (Å²) in [6.07, 6.45) is 39.1. The van der Waals surface area contributed by atoms with Crippen molar-refractivity contribution in [1.29, 1.82) is 0 Å². The van der Waals surface area contributed by atoms with Gasteiger partial charge in [0, 0.05) is 6.42 Å². The van der Waals surface area contributed by atoms with Gasteiger partial charge in [-0.05, 0) is 64.2 Å². The highest BCUT2D eigenvalue weighted by Gasteiger charge is 2.28. The Bertz CT molecular complexity index is 891. The molecule has 0 radical (unpaired) electrons. The topological polar surface area (TPSA) is 105 Å². The molecule has 3 N–H and O–H groups in total. The third kappa shape index (κ3) is 37.1. The number of carbonyl (C=O) groups excluding carboxylic acids is 1. The Morgan fingerprint density at radius 1 is 0.647 bits per heavy atom. The van der Waals surface area contributed by atoms with Crippen LogP contribution in [0.2, 0.25) is 0 Å². The summed E-state index contributed by atoms with van der Waals surface area (Å²) in [5.41, 5.74) is 0. The number of carbonyl (C=O) groups is 1. The predicted molar refractivity (Wildman–Crippen MR) is 217 cm³/mol. The number of nitrogens with one attached hydrogen (secondary N) is 1. The van der Waals surface area contributed by atoms with E-state index in [4.69, 9.17) is 9.05 Å². The van der Waals surface area contributed by atoms with Gasteiger partial charge >= 0.3 is 7.82 Å². The molecule has 0 aliphatic heterocycles. The lowest BCUT2D eigenvalue weighted by molar-refractivity contribution is -0.870. The minimum atomic E-state index is -4.32. The second kappa shape index (κ2) is 34.7. The number of hydrogen-bond donors (Lipinski definition) is 3. The number of aliphatic hydroxyl groups excluding tert-OH is 1. The van der Waals surface area contributed by atoms with Gasteiger partial charge in [-0.15, -0.1) is 0 Å². The lowest BCUT2D eigenvalue weighted by atomic mass is 10.0. The molecule has 0 spiro atoms. The van der Waals surface area contributed by atoms with Crippen molar-refractivity contribution in [3.8, 4) is 0 Å². The molecule has 8 nitrogen and oxygen atoms in total. The molecule has 0 aliphatic carbocycles. The molecule has 0 bridgehead atoms. The summed E-state index contributed by atoms with van der Waals surface area (Å²) in [5.74, 6) is -0.164. The third-order valence-corrected chi connectivity index (χ3v) is 10.4. The molecular weight excluding hydrogens is 659 g/mol. The highest BCUT2D eigenvalue weighted by Crippen LogP contribution is 2.43. The van der Waals surface area contributed by atoms with Crippen molar-refractivity contribution in [2.24, 2.45) is 0 Å². The second-order valence-corrected chi connectivity index (χ2v) is 17.2. The average molecular weight is 744 g/mol. The van der Waals surface area contributed by atoms with Crippen LogP contribution in [0.4, 0.5) is 0 Å². The van der Waals surface area contributed by atoms with Gasteiger partial charge in [-0.1, -0.05) is 141 Å². The molecule has 1 amide bonds. The Kier molecular flexibility index (Phi) is 34.0. The summed E-state index contributed by atoms with van der Waals surface area (Å²) in [6.45, 7) is 4.84. The Morgan fingerprint density at radius 2 is 1.06 bits per heavy atom. The Labute approximate surface area is 315 Å². The molecule has 9 heteroatoms. The van der Waals surface area contributed by atoms with Crippen LogP contribution in [0.25, 0.3) is 0 Å². The van der Waals surface area contributed by atoms with E-state index in [2.05, 4.69) is 43.5 Å². The maximum absolute atomic E-state index is 12.8. The van der Waals surface area contributed by atoms with Crippen molar-refractivity contribution in [2.75, 3.05) is 40.9 Å². The highest BCUT2D eigenvalue weighted by molar-refractivity contribution is 7.47. The van der Waals surface area contributed by atoms with E-state index in [1.54, 1.807) is 0 Å². The van der Waals surface area contributed by atoms with Gasteiger partial charge in [-0.3, -0.25) is 13.8 Å². The Balaban J connectivity index is 4.46. The number of quaternary nitrogens is 1. The number of hydrogen-bond acceptors (Lipinski definition) is 5. The summed E-state index contributed by atoms with van der Waals surface area (Å²) >= 11 is 0. The van der Waals surface area contributed by atoms with E-state index >= 15 is 0 Å². The van der Waals surface area contributed by atoms with Crippen LogP contribution in [0.5, 0.6) is 0 Å². The van der Waals surface area contributed by atoms with Gasteiger partial charge < -0.3 is 19.8 Å². The first-order valence-electron chi connectivity index (χ1n) is 21.2. The molecule has 51 heavy (non-hydrogen) atoms. The van der Waals surface area contributed by atoms with Gasteiger partial charge in [-0.25, -0.2) is 4.57 Å². The molecule has 0 saturated carbocycles. The van der Waals surface area contributed by atoms with E-state index < -0.39 is 20.0 Å². The Morgan fingerprint density at radius 3 is 1.51 bits per heavy atom. The molecule has 0 rings (SSSR count). The number of unbranched alkanes of at least 4 members (excludes halogenated alkanes) is 21. The zero-order chi connectivity index (χ0) is 37.9. The van der Waals surface area contributed by atoms with Crippen molar-refractivity contribution in [2.45, 2.75) is 199 Å². The lowest BCUT2D eigenvalue weighted by Gasteiger charge is -2.26. The highest BCUT2D eigenvalue weighted by atomic mass is 31.2. The van der Waals surface area contributed by atoms with Gasteiger partial charge in [0.2, 0.25) is 5.91 Å². The Hall–Kier alpha value is -1.02. The van der Waals surface area contributed by atoms with E-state index in [1.807, 2.05) is 21.1 Å². The molecule has 0 fully saturated rings. The number of allylic oxidation sites excluding steroid dienone is 4. The summed E-state index contributed by atoms with van der Waals surface area (Å²) in [4.78, 5) is 23.1. The first kappa shape index (κ1) is 50.0. The monoisotopic (exact) mass is 744 g/mol. The van der Waals surface area contributed by atoms with Crippen LogP contribution in [0.3, 0.4) is 0 Å². The molecule has 0 saturated heterocycles. The maximum atomic E-state index is 12.8. The molecule has 1 unspecified atom stereocenters. The van der Waals surface area contributed by atoms with E-state index in [-0.39, 0.29) is 19.1 Å². The molecule has 0 aromatic carbocycles. The third-order valence-electron chi connectivity index (χ3n) is 9.42. The fourth-order valence-corrected chi connectivity index (χ4v) is 6.71. The summed E-state index contributed by atoms with van der Waals surface area (Å²) in [7, 11) is 1.59. The number of phosphoric ester groups is 1. The largest absolute Gasteiger partial charge is 0.472 e. The van der Waals surface area contributed by atoms with Gasteiger partial charge in [0.05, 0.1) is 39.9 Å². The molecular formula is C42H84N2O6P+. The van der Waals surface area contributed by atoms with Crippen LogP contribution < -0.4 is 5.32 Å². The standard InChI is InChI=1S/C42H83N2O6P/c1-6-8-10-12-14-16-18-20-22-23-25-27-29-31-33-35-41(45)40(39-50-51(47,48)49-38-37-44(3,4)5)43-42(46)36-34-32-30-28-26-24-21-19-17-15-13-11-9-7-2/h19,21,25,27,40-41,45H,6-18,20,22-24,26,28-39H2,1-5H3,(H-,43,46,47,48)/p+1/b21-19+,27-25+/t40-,41+/m0/s1.